The number of esters is 1. The second kappa shape index (κ2) is 16.1. The van der Waals surface area contributed by atoms with Crippen molar-refractivity contribution >= 4 is 34.2 Å². The first kappa shape index (κ1) is 31.2. The fourth-order valence-electron chi connectivity index (χ4n) is 3.76. The Balaban J connectivity index is 1.47. The third-order valence-corrected chi connectivity index (χ3v) is 6.57. The molecule has 218 valence electrons. The highest BCUT2D eigenvalue weighted by molar-refractivity contribution is 7.10. The first-order chi connectivity index (χ1) is 19.3. The summed E-state index contributed by atoms with van der Waals surface area (Å²) in [4.78, 5) is 31.7. The number of nitrogens with zero attached hydrogens (tertiary/aromatic N) is 2. The standard InChI is InChI=1S/C27H34N2O10S/c1-19(36-26(30)18-35-17-21(16-34-3)39-29(32)33)37-27(31)28(2)14-13-24(25-12-7-15-40-25)38-23-11-6-9-20-8-4-5-10-22(20)23/h4-12,15,19,21,24,32-33H,13-14,16-18H2,1-3H3/t19?,21-,24+/m1/s1. The van der Waals surface area contributed by atoms with Crippen LogP contribution in [0.3, 0.4) is 0 Å². The van der Waals surface area contributed by atoms with Crippen molar-refractivity contribution < 1.29 is 48.5 Å². The number of hydrogen-bond donors (Lipinski definition) is 2. The third kappa shape index (κ3) is 10.0. The van der Waals surface area contributed by atoms with E-state index in [1.54, 1.807) is 18.4 Å². The van der Waals surface area contributed by atoms with E-state index in [2.05, 4.69) is 4.84 Å². The largest absolute Gasteiger partial charge is 0.484 e. The predicted molar refractivity (Wildman–Crippen MR) is 144 cm³/mol. The van der Waals surface area contributed by atoms with E-state index in [1.807, 2.05) is 60.0 Å². The summed E-state index contributed by atoms with van der Waals surface area (Å²) in [6.45, 7) is 1.04. The molecule has 1 unspecified atom stereocenters. The number of benzene rings is 2. The molecule has 0 saturated carbocycles. The minimum Gasteiger partial charge on any atom is -0.484 e. The van der Waals surface area contributed by atoms with Gasteiger partial charge >= 0.3 is 12.1 Å². The summed E-state index contributed by atoms with van der Waals surface area (Å²) in [6, 6.07) is 17.8. The quantitative estimate of drug-likeness (QED) is 0.142. The molecule has 1 aromatic heterocycles. The van der Waals surface area contributed by atoms with Crippen LogP contribution in [0.15, 0.2) is 60.0 Å². The molecule has 3 aromatic rings. The summed E-state index contributed by atoms with van der Waals surface area (Å²) in [5.41, 5.74) is 0. The maximum Gasteiger partial charge on any atom is 0.412 e. The highest BCUT2D eigenvalue weighted by Crippen LogP contribution is 2.33. The minimum absolute atomic E-state index is 0.0205. The lowest BCUT2D eigenvalue weighted by Gasteiger charge is -2.24. The van der Waals surface area contributed by atoms with Gasteiger partial charge in [-0.2, -0.15) is 0 Å². The Morgan fingerprint density at radius 2 is 1.77 bits per heavy atom. The molecule has 2 aromatic carbocycles. The van der Waals surface area contributed by atoms with Crippen LogP contribution in [-0.2, 0) is 28.6 Å². The SMILES string of the molecule is COC[C@H](COCC(=O)OC(C)OC(=O)N(C)CC[C@H](Oc1cccc2ccccc12)c1cccs1)ON(O)O. The van der Waals surface area contributed by atoms with Gasteiger partial charge < -0.3 is 28.6 Å². The van der Waals surface area contributed by atoms with Crippen molar-refractivity contribution in [1.82, 2.24) is 10.3 Å². The molecule has 0 aliphatic carbocycles. The van der Waals surface area contributed by atoms with E-state index < -0.39 is 36.5 Å². The molecular weight excluding hydrogens is 544 g/mol. The summed E-state index contributed by atoms with van der Waals surface area (Å²) in [5.74, 6) is -0.0279. The topological polar surface area (TPSA) is 136 Å². The van der Waals surface area contributed by atoms with Crippen LogP contribution in [0.1, 0.15) is 24.3 Å². The molecule has 1 heterocycles. The number of methoxy groups -OCH3 is 1. The molecular formula is C27H34N2O10S. The van der Waals surface area contributed by atoms with Gasteiger partial charge in [0.2, 0.25) is 6.29 Å². The molecule has 3 rings (SSSR count). The lowest BCUT2D eigenvalue weighted by molar-refractivity contribution is -0.507. The molecule has 40 heavy (non-hydrogen) atoms. The van der Waals surface area contributed by atoms with E-state index in [0.717, 1.165) is 21.4 Å². The molecule has 0 spiro atoms. The number of hydrogen-bond acceptors (Lipinski definition) is 12. The molecule has 13 heteroatoms. The number of fused-ring (bicyclic) bond motifs is 1. The summed E-state index contributed by atoms with van der Waals surface area (Å²) in [7, 11) is 2.97. The third-order valence-electron chi connectivity index (χ3n) is 5.60. The molecule has 0 bridgehead atoms. The van der Waals surface area contributed by atoms with Crippen molar-refractivity contribution in [3.8, 4) is 5.75 Å². The van der Waals surface area contributed by atoms with Crippen LogP contribution in [0.25, 0.3) is 10.8 Å². The monoisotopic (exact) mass is 578 g/mol. The van der Waals surface area contributed by atoms with Crippen LogP contribution in [0.4, 0.5) is 4.79 Å². The number of rotatable bonds is 16. The van der Waals surface area contributed by atoms with E-state index in [9.17, 15) is 9.59 Å². The summed E-state index contributed by atoms with van der Waals surface area (Å²) in [5, 5.41) is 21.0. The van der Waals surface area contributed by atoms with Crippen molar-refractivity contribution in [3.05, 3.63) is 64.9 Å². The van der Waals surface area contributed by atoms with Crippen LogP contribution in [0.2, 0.25) is 0 Å². The van der Waals surface area contributed by atoms with Crippen molar-refractivity contribution in [2.45, 2.75) is 31.8 Å². The molecule has 0 fully saturated rings. The number of thiophene rings is 1. The van der Waals surface area contributed by atoms with Crippen molar-refractivity contribution in [2.75, 3.05) is 40.5 Å². The lowest BCUT2D eigenvalue weighted by atomic mass is 10.1. The molecule has 0 aliphatic heterocycles. The van der Waals surface area contributed by atoms with Gasteiger partial charge in [0.1, 0.15) is 24.6 Å². The van der Waals surface area contributed by atoms with E-state index in [1.165, 1.54) is 18.9 Å². The molecule has 12 nitrogen and oxygen atoms in total. The van der Waals surface area contributed by atoms with Gasteiger partial charge in [-0.05, 0) is 22.9 Å². The Morgan fingerprint density at radius 1 is 1.00 bits per heavy atom. The lowest BCUT2D eigenvalue weighted by Crippen LogP contribution is -2.35. The van der Waals surface area contributed by atoms with Gasteiger partial charge in [0.25, 0.3) is 0 Å². The zero-order valence-corrected chi connectivity index (χ0v) is 23.3. The average molecular weight is 579 g/mol. The second-order valence-electron chi connectivity index (χ2n) is 8.70. The Labute approximate surface area is 236 Å². The Morgan fingerprint density at radius 3 is 2.50 bits per heavy atom. The predicted octanol–water partition coefficient (Wildman–Crippen LogP) is 4.41. The van der Waals surface area contributed by atoms with Gasteiger partial charge in [-0.3, -0.25) is 10.4 Å². The normalized spacial score (nSPS) is 13.6. The smallest absolute Gasteiger partial charge is 0.412 e. The van der Waals surface area contributed by atoms with Gasteiger partial charge in [0.15, 0.2) is 0 Å². The van der Waals surface area contributed by atoms with E-state index in [0.29, 0.717) is 13.0 Å². The zero-order chi connectivity index (χ0) is 28.9. The fourth-order valence-corrected chi connectivity index (χ4v) is 4.55. The zero-order valence-electron chi connectivity index (χ0n) is 22.5. The fraction of sp³-hybridized carbons (Fsp3) is 0.407. The number of carbonyl (C=O) groups is 2. The number of ether oxygens (including phenoxy) is 5. The molecule has 0 saturated heterocycles. The van der Waals surface area contributed by atoms with Crippen molar-refractivity contribution in [3.63, 3.8) is 0 Å². The first-order valence-electron chi connectivity index (χ1n) is 12.5. The maximum absolute atomic E-state index is 12.6. The maximum atomic E-state index is 12.6. The van der Waals surface area contributed by atoms with Crippen LogP contribution < -0.4 is 4.74 Å². The van der Waals surface area contributed by atoms with Gasteiger partial charge in [-0.15, -0.1) is 11.3 Å². The number of carbonyl (C=O) groups excluding carboxylic acids is 2. The van der Waals surface area contributed by atoms with Crippen molar-refractivity contribution in [1.29, 1.82) is 0 Å². The van der Waals surface area contributed by atoms with E-state index >= 15 is 0 Å². The molecule has 0 aliphatic rings. The van der Waals surface area contributed by atoms with E-state index in [-0.39, 0.29) is 19.3 Å². The summed E-state index contributed by atoms with van der Waals surface area (Å²) in [6.07, 6.45) is -2.50. The van der Waals surface area contributed by atoms with E-state index in [4.69, 9.17) is 34.1 Å². The van der Waals surface area contributed by atoms with Crippen LogP contribution in [0.5, 0.6) is 5.75 Å². The van der Waals surface area contributed by atoms with Crippen LogP contribution in [-0.4, -0.2) is 85.7 Å². The molecule has 3 atom stereocenters. The van der Waals surface area contributed by atoms with Gasteiger partial charge in [-0.1, -0.05) is 42.5 Å². The van der Waals surface area contributed by atoms with Gasteiger partial charge in [-0.25, -0.2) is 14.4 Å². The summed E-state index contributed by atoms with van der Waals surface area (Å²) < 4.78 is 26.7. The molecule has 1 amide bonds. The Bertz CT molecular complexity index is 1190. The highest BCUT2D eigenvalue weighted by Gasteiger charge is 2.22. The van der Waals surface area contributed by atoms with Gasteiger partial charge in [0, 0.05) is 44.3 Å². The Kier molecular flexibility index (Phi) is 12.6. The average Bonchev–Trinajstić information content (AvgIpc) is 3.45. The van der Waals surface area contributed by atoms with Crippen molar-refractivity contribution in [2.24, 2.45) is 0 Å². The molecule has 0 radical (unpaired) electrons. The van der Waals surface area contributed by atoms with Crippen LogP contribution >= 0.6 is 11.3 Å². The Hall–Kier alpha value is -3.30. The first-order valence-corrected chi connectivity index (χ1v) is 13.3. The van der Waals surface area contributed by atoms with Gasteiger partial charge in [0.05, 0.1) is 18.6 Å². The molecule has 2 N–H and O–H groups in total. The number of amides is 1. The minimum atomic E-state index is -1.16. The summed E-state index contributed by atoms with van der Waals surface area (Å²) >= 11 is 1.58. The second-order valence-corrected chi connectivity index (χ2v) is 9.68. The van der Waals surface area contributed by atoms with Crippen LogP contribution in [0, 0.1) is 0 Å². The highest BCUT2D eigenvalue weighted by atomic mass is 32.1.